The summed E-state index contributed by atoms with van der Waals surface area (Å²) in [6.45, 7) is 9.89. The first-order chi connectivity index (χ1) is 14.2. The van der Waals surface area contributed by atoms with Crippen LogP contribution >= 0.6 is 35.3 Å². The number of likely N-dealkylation sites (tertiary alicyclic amines) is 1. The molecule has 1 aromatic heterocycles. The molecule has 0 atom stereocenters. The van der Waals surface area contributed by atoms with Crippen molar-refractivity contribution in [3.8, 4) is 5.75 Å². The number of aromatic nitrogens is 1. The topological polar surface area (TPSA) is 61.8 Å². The summed E-state index contributed by atoms with van der Waals surface area (Å²) in [4.78, 5) is 11.9. The number of hydrogen-bond acceptors (Lipinski definition) is 5. The van der Waals surface area contributed by atoms with Crippen LogP contribution in [0.25, 0.3) is 0 Å². The summed E-state index contributed by atoms with van der Waals surface area (Å²) in [5, 5.41) is 10.2. The van der Waals surface area contributed by atoms with Crippen molar-refractivity contribution in [3.05, 3.63) is 45.9 Å². The molecule has 2 N–H and O–H groups in total. The summed E-state index contributed by atoms with van der Waals surface area (Å²) in [6.07, 6.45) is 2.43. The van der Waals surface area contributed by atoms with Crippen LogP contribution in [-0.4, -0.2) is 49.1 Å². The van der Waals surface area contributed by atoms with Crippen LogP contribution < -0.4 is 15.4 Å². The fourth-order valence-corrected chi connectivity index (χ4v) is 4.19. The van der Waals surface area contributed by atoms with Crippen molar-refractivity contribution in [2.45, 2.75) is 39.8 Å². The maximum Gasteiger partial charge on any atom is 0.191 e. The van der Waals surface area contributed by atoms with Gasteiger partial charge in [0.15, 0.2) is 5.96 Å². The predicted molar refractivity (Wildman–Crippen MR) is 136 cm³/mol. The number of nitrogens with zero attached hydrogens (tertiary/aromatic N) is 3. The Morgan fingerprint density at radius 3 is 2.77 bits per heavy atom. The SMILES string of the molecule is CCNC(=NCc1cccc(OC)c1)NCC1CCN(Cc2csc(C)n2)CC1.I. The molecule has 2 heterocycles. The van der Waals surface area contributed by atoms with Gasteiger partial charge in [0, 0.05) is 25.0 Å². The number of halogens is 1. The lowest BCUT2D eigenvalue weighted by molar-refractivity contribution is 0.176. The van der Waals surface area contributed by atoms with E-state index in [2.05, 4.69) is 45.8 Å². The molecule has 1 aliphatic heterocycles. The number of guanidine groups is 1. The van der Waals surface area contributed by atoms with E-state index >= 15 is 0 Å². The monoisotopic (exact) mass is 543 g/mol. The number of aliphatic imine (C=N–C) groups is 1. The molecule has 0 unspecified atom stereocenters. The minimum Gasteiger partial charge on any atom is -0.497 e. The fraction of sp³-hybridized carbons (Fsp3) is 0.545. The van der Waals surface area contributed by atoms with Crippen LogP contribution in [0.15, 0.2) is 34.6 Å². The molecule has 8 heteroatoms. The van der Waals surface area contributed by atoms with Crippen LogP contribution in [0.2, 0.25) is 0 Å². The summed E-state index contributed by atoms with van der Waals surface area (Å²) in [7, 11) is 1.69. The van der Waals surface area contributed by atoms with E-state index < -0.39 is 0 Å². The van der Waals surface area contributed by atoms with Gasteiger partial charge in [-0.3, -0.25) is 4.90 Å². The molecule has 0 radical (unpaired) electrons. The zero-order chi connectivity index (χ0) is 20.5. The van der Waals surface area contributed by atoms with Gasteiger partial charge in [-0.05, 0) is 63.4 Å². The molecular weight excluding hydrogens is 509 g/mol. The number of piperidine rings is 1. The lowest BCUT2D eigenvalue weighted by Gasteiger charge is -2.31. The molecule has 2 aromatic rings. The average Bonchev–Trinajstić information content (AvgIpc) is 3.16. The van der Waals surface area contributed by atoms with E-state index in [0.29, 0.717) is 12.5 Å². The minimum atomic E-state index is 0. The van der Waals surface area contributed by atoms with Crippen LogP contribution in [0, 0.1) is 12.8 Å². The molecule has 3 rings (SSSR count). The second-order valence-corrected chi connectivity index (χ2v) is 8.57. The van der Waals surface area contributed by atoms with Crippen LogP contribution in [0.1, 0.15) is 36.0 Å². The Labute approximate surface area is 201 Å². The molecular formula is C22H34IN5OS. The van der Waals surface area contributed by atoms with Gasteiger partial charge in [0.25, 0.3) is 0 Å². The van der Waals surface area contributed by atoms with Crippen molar-refractivity contribution in [1.82, 2.24) is 20.5 Å². The molecule has 0 bridgehead atoms. The number of aryl methyl sites for hydroxylation is 1. The van der Waals surface area contributed by atoms with E-state index in [4.69, 9.17) is 9.73 Å². The second kappa shape index (κ2) is 13.1. The summed E-state index contributed by atoms with van der Waals surface area (Å²) >= 11 is 1.74. The third-order valence-corrected chi connectivity index (χ3v) is 6.04. The smallest absolute Gasteiger partial charge is 0.191 e. The molecule has 1 saturated heterocycles. The molecule has 1 aliphatic rings. The van der Waals surface area contributed by atoms with Gasteiger partial charge in [-0.1, -0.05) is 12.1 Å². The van der Waals surface area contributed by atoms with Crippen LogP contribution in [0.5, 0.6) is 5.75 Å². The van der Waals surface area contributed by atoms with Crippen molar-refractivity contribution in [2.24, 2.45) is 10.9 Å². The van der Waals surface area contributed by atoms with Crippen molar-refractivity contribution in [3.63, 3.8) is 0 Å². The molecule has 0 spiro atoms. The van der Waals surface area contributed by atoms with Crippen LogP contribution in [0.4, 0.5) is 0 Å². The molecule has 0 amide bonds. The van der Waals surface area contributed by atoms with Crippen LogP contribution in [-0.2, 0) is 13.1 Å². The Bertz CT molecular complexity index is 789. The highest BCUT2D eigenvalue weighted by Crippen LogP contribution is 2.19. The highest BCUT2D eigenvalue weighted by molar-refractivity contribution is 14.0. The number of rotatable bonds is 8. The molecule has 30 heavy (non-hydrogen) atoms. The number of benzene rings is 1. The predicted octanol–water partition coefficient (Wildman–Crippen LogP) is 4.05. The van der Waals surface area contributed by atoms with Gasteiger partial charge < -0.3 is 15.4 Å². The van der Waals surface area contributed by atoms with Gasteiger partial charge in [0.2, 0.25) is 0 Å². The second-order valence-electron chi connectivity index (χ2n) is 7.50. The zero-order valence-corrected chi connectivity index (χ0v) is 21.3. The highest BCUT2D eigenvalue weighted by atomic mass is 127. The summed E-state index contributed by atoms with van der Waals surface area (Å²) in [5.74, 6) is 2.44. The molecule has 0 aliphatic carbocycles. The largest absolute Gasteiger partial charge is 0.497 e. The quantitative estimate of drug-likeness (QED) is 0.299. The van der Waals surface area contributed by atoms with Gasteiger partial charge in [-0.15, -0.1) is 35.3 Å². The minimum absolute atomic E-state index is 0. The maximum absolute atomic E-state index is 5.30. The number of ether oxygens (including phenoxy) is 1. The first-order valence-corrected chi connectivity index (χ1v) is 11.3. The van der Waals surface area contributed by atoms with E-state index in [1.54, 1.807) is 18.4 Å². The summed E-state index contributed by atoms with van der Waals surface area (Å²) in [5.41, 5.74) is 2.36. The lowest BCUT2D eigenvalue weighted by atomic mass is 9.97. The van der Waals surface area contributed by atoms with Gasteiger partial charge in [0.1, 0.15) is 5.75 Å². The highest BCUT2D eigenvalue weighted by Gasteiger charge is 2.20. The van der Waals surface area contributed by atoms with E-state index in [1.807, 2.05) is 18.2 Å². The van der Waals surface area contributed by atoms with E-state index in [1.165, 1.54) is 18.5 Å². The summed E-state index contributed by atoms with van der Waals surface area (Å²) in [6, 6.07) is 8.07. The lowest BCUT2D eigenvalue weighted by Crippen LogP contribution is -2.42. The van der Waals surface area contributed by atoms with Crippen molar-refractivity contribution < 1.29 is 4.74 Å². The van der Waals surface area contributed by atoms with Crippen molar-refractivity contribution in [1.29, 1.82) is 0 Å². The standard InChI is InChI=1S/C22H33N5OS.HI/c1-4-23-22(25-14-19-6-5-7-21(12-19)28-3)24-13-18-8-10-27(11-9-18)15-20-16-29-17(2)26-20;/h5-7,12,16,18H,4,8-11,13-15H2,1-3H3,(H2,23,24,25);1H. The third-order valence-electron chi connectivity index (χ3n) is 5.22. The number of hydrogen-bond donors (Lipinski definition) is 2. The Morgan fingerprint density at radius 1 is 1.30 bits per heavy atom. The molecule has 0 saturated carbocycles. The van der Waals surface area contributed by atoms with Gasteiger partial charge in [0.05, 0.1) is 24.4 Å². The number of methoxy groups -OCH3 is 1. The Hall–Kier alpha value is -1.39. The normalized spacial score (nSPS) is 15.5. The Morgan fingerprint density at radius 2 is 2.10 bits per heavy atom. The first-order valence-electron chi connectivity index (χ1n) is 10.4. The molecule has 1 aromatic carbocycles. The van der Waals surface area contributed by atoms with Gasteiger partial charge >= 0.3 is 0 Å². The summed E-state index contributed by atoms with van der Waals surface area (Å²) < 4.78 is 5.30. The zero-order valence-electron chi connectivity index (χ0n) is 18.2. The van der Waals surface area contributed by atoms with Gasteiger partial charge in [-0.25, -0.2) is 9.98 Å². The van der Waals surface area contributed by atoms with Crippen LogP contribution in [0.3, 0.4) is 0 Å². The average molecular weight is 544 g/mol. The van der Waals surface area contributed by atoms with E-state index in [0.717, 1.165) is 55.0 Å². The fourth-order valence-electron chi connectivity index (χ4n) is 3.58. The Balaban J connectivity index is 0.00000320. The van der Waals surface area contributed by atoms with E-state index in [-0.39, 0.29) is 24.0 Å². The molecule has 6 nitrogen and oxygen atoms in total. The Kier molecular flexibility index (Phi) is 10.9. The first kappa shape index (κ1) is 24.9. The van der Waals surface area contributed by atoms with Crippen molar-refractivity contribution >= 4 is 41.3 Å². The third kappa shape index (κ3) is 8.03. The number of thiazole rings is 1. The molecule has 1 fully saturated rings. The van der Waals surface area contributed by atoms with Crippen molar-refractivity contribution in [2.75, 3.05) is 33.3 Å². The van der Waals surface area contributed by atoms with Gasteiger partial charge in [-0.2, -0.15) is 0 Å². The number of nitrogens with one attached hydrogen (secondary N) is 2. The maximum atomic E-state index is 5.30. The molecule has 166 valence electrons. The van der Waals surface area contributed by atoms with E-state index in [9.17, 15) is 0 Å².